The molecule has 0 fully saturated rings. The molecule has 0 heterocycles. The minimum atomic E-state index is 0.569. The molecule has 0 saturated carbocycles. The lowest BCUT2D eigenvalue weighted by Gasteiger charge is -2.17. The Labute approximate surface area is 112 Å². The summed E-state index contributed by atoms with van der Waals surface area (Å²) in [5.41, 5.74) is 7.17. The molecule has 1 aromatic carbocycles. The Bertz CT molecular complexity index is 336. The maximum atomic E-state index is 5.89. The minimum absolute atomic E-state index is 0.569. The van der Waals surface area contributed by atoms with Crippen molar-refractivity contribution in [3.63, 3.8) is 0 Å². The van der Waals surface area contributed by atoms with Crippen molar-refractivity contribution < 1.29 is 4.74 Å². The van der Waals surface area contributed by atoms with E-state index in [-0.39, 0.29) is 0 Å². The van der Waals surface area contributed by atoms with Crippen LogP contribution in [0.2, 0.25) is 0 Å². The van der Waals surface area contributed by atoms with Crippen LogP contribution in [-0.2, 0) is 6.42 Å². The molecule has 0 amide bonds. The normalized spacial score (nSPS) is 12.7. The summed E-state index contributed by atoms with van der Waals surface area (Å²) < 4.78 is 5.39. The Balaban J connectivity index is 2.51. The van der Waals surface area contributed by atoms with Crippen LogP contribution in [0.5, 0.6) is 5.75 Å². The van der Waals surface area contributed by atoms with Crippen molar-refractivity contribution >= 4 is 0 Å². The molecule has 2 N–H and O–H groups in total. The highest BCUT2D eigenvalue weighted by molar-refractivity contribution is 5.33. The molecule has 2 nitrogen and oxygen atoms in total. The van der Waals surface area contributed by atoms with Crippen molar-refractivity contribution in [3.05, 3.63) is 29.8 Å². The number of hydrogen-bond donors (Lipinski definition) is 1. The van der Waals surface area contributed by atoms with Crippen LogP contribution < -0.4 is 10.5 Å². The maximum absolute atomic E-state index is 5.89. The molecule has 0 radical (unpaired) electrons. The van der Waals surface area contributed by atoms with Gasteiger partial charge in [-0.1, -0.05) is 44.9 Å². The van der Waals surface area contributed by atoms with E-state index in [2.05, 4.69) is 26.0 Å². The number of methoxy groups -OCH3 is 1. The molecule has 0 saturated heterocycles. The van der Waals surface area contributed by atoms with Gasteiger partial charge in [0.1, 0.15) is 5.75 Å². The van der Waals surface area contributed by atoms with Crippen molar-refractivity contribution in [2.24, 2.45) is 17.6 Å². The van der Waals surface area contributed by atoms with Gasteiger partial charge in [-0.05, 0) is 42.9 Å². The molecule has 0 bridgehead atoms. The van der Waals surface area contributed by atoms with Gasteiger partial charge in [-0.3, -0.25) is 0 Å². The average Bonchev–Trinajstić information content (AvgIpc) is 2.37. The molecule has 1 atom stereocenters. The van der Waals surface area contributed by atoms with Crippen LogP contribution in [0.1, 0.15) is 38.7 Å². The van der Waals surface area contributed by atoms with Crippen LogP contribution in [0.15, 0.2) is 24.3 Å². The average molecular weight is 249 g/mol. The van der Waals surface area contributed by atoms with Gasteiger partial charge in [-0.25, -0.2) is 0 Å². The molecule has 0 aliphatic carbocycles. The van der Waals surface area contributed by atoms with Gasteiger partial charge in [0, 0.05) is 0 Å². The molecule has 0 spiro atoms. The number of hydrogen-bond acceptors (Lipinski definition) is 2. The Morgan fingerprint density at radius 2 is 1.89 bits per heavy atom. The third-order valence-electron chi connectivity index (χ3n) is 3.43. The number of rotatable bonds is 8. The summed E-state index contributed by atoms with van der Waals surface area (Å²) >= 11 is 0. The van der Waals surface area contributed by atoms with E-state index in [0.29, 0.717) is 5.92 Å². The molecule has 0 aliphatic heterocycles. The van der Waals surface area contributed by atoms with E-state index in [9.17, 15) is 0 Å². The van der Waals surface area contributed by atoms with E-state index in [1.165, 1.54) is 24.8 Å². The quantitative estimate of drug-likeness (QED) is 0.763. The lowest BCUT2D eigenvalue weighted by molar-refractivity contribution is 0.396. The third-order valence-corrected chi connectivity index (χ3v) is 3.43. The SMILES string of the molecule is COc1ccccc1CC(CN)CCCC(C)C. The van der Waals surface area contributed by atoms with Crippen LogP contribution in [-0.4, -0.2) is 13.7 Å². The van der Waals surface area contributed by atoms with Gasteiger partial charge in [0.2, 0.25) is 0 Å². The standard InChI is InChI=1S/C16H27NO/c1-13(2)7-6-8-14(12-17)11-15-9-4-5-10-16(15)18-3/h4-5,9-10,13-14H,6-8,11-12,17H2,1-3H3. The van der Waals surface area contributed by atoms with E-state index in [0.717, 1.165) is 24.6 Å². The second-order valence-electron chi connectivity index (χ2n) is 5.44. The predicted molar refractivity (Wildman–Crippen MR) is 77.9 cm³/mol. The van der Waals surface area contributed by atoms with E-state index in [1.54, 1.807) is 7.11 Å². The Morgan fingerprint density at radius 3 is 2.50 bits per heavy atom. The number of benzene rings is 1. The Morgan fingerprint density at radius 1 is 1.17 bits per heavy atom. The van der Waals surface area contributed by atoms with Crippen LogP contribution in [0.3, 0.4) is 0 Å². The summed E-state index contributed by atoms with van der Waals surface area (Å²) in [6.45, 7) is 5.31. The molecule has 1 rings (SSSR count). The smallest absolute Gasteiger partial charge is 0.122 e. The lowest BCUT2D eigenvalue weighted by Crippen LogP contribution is -2.17. The van der Waals surface area contributed by atoms with Gasteiger partial charge >= 0.3 is 0 Å². The summed E-state index contributed by atoms with van der Waals surface area (Å²) in [4.78, 5) is 0. The summed E-state index contributed by atoms with van der Waals surface area (Å²) in [7, 11) is 1.73. The fraction of sp³-hybridized carbons (Fsp3) is 0.625. The first kappa shape index (κ1) is 15.0. The second-order valence-corrected chi connectivity index (χ2v) is 5.44. The highest BCUT2D eigenvalue weighted by Crippen LogP contribution is 2.23. The summed E-state index contributed by atoms with van der Waals surface area (Å²) in [6.07, 6.45) is 4.81. The second kappa shape index (κ2) is 8.15. The van der Waals surface area contributed by atoms with Crippen molar-refractivity contribution in [2.75, 3.05) is 13.7 Å². The van der Waals surface area contributed by atoms with Crippen molar-refractivity contribution in [1.29, 1.82) is 0 Å². The predicted octanol–water partition coefficient (Wildman–Crippen LogP) is 3.64. The van der Waals surface area contributed by atoms with E-state index >= 15 is 0 Å². The zero-order valence-corrected chi connectivity index (χ0v) is 12.0. The monoisotopic (exact) mass is 249 g/mol. The molecule has 0 aromatic heterocycles. The lowest BCUT2D eigenvalue weighted by atomic mass is 9.92. The number of nitrogens with two attached hydrogens (primary N) is 1. The molecule has 102 valence electrons. The van der Waals surface area contributed by atoms with E-state index in [4.69, 9.17) is 10.5 Å². The van der Waals surface area contributed by atoms with Crippen LogP contribution >= 0.6 is 0 Å². The molecule has 1 unspecified atom stereocenters. The molecular formula is C16H27NO. The first-order valence-corrected chi connectivity index (χ1v) is 6.99. The number of para-hydroxylation sites is 1. The first-order valence-electron chi connectivity index (χ1n) is 6.99. The zero-order chi connectivity index (χ0) is 13.4. The third kappa shape index (κ3) is 5.09. The Kier molecular flexibility index (Phi) is 6.81. The molecular weight excluding hydrogens is 222 g/mol. The van der Waals surface area contributed by atoms with Crippen LogP contribution in [0, 0.1) is 11.8 Å². The topological polar surface area (TPSA) is 35.2 Å². The highest BCUT2D eigenvalue weighted by atomic mass is 16.5. The van der Waals surface area contributed by atoms with Crippen molar-refractivity contribution in [1.82, 2.24) is 0 Å². The molecule has 2 heteroatoms. The summed E-state index contributed by atoms with van der Waals surface area (Å²) in [5.74, 6) is 2.34. The van der Waals surface area contributed by atoms with E-state index < -0.39 is 0 Å². The molecule has 1 aromatic rings. The van der Waals surface area contributed by atoms with Gasteiger partial charge in [0.05, 0.1) is 7.11 Å². The van der Waals surface area contributed by atoms with Crippen LogP contribution in [0.4, 0.5) is 0 Å². The van der Waals surface area contributed by atoms with Gasteiger partial charge in [0.25, 0.3) is 0 Å². The van der Waals surface area contributed by atoms with Crippen LogP contribution in [0.25, 0.3) is 0 Å². The largest absolute Gasteiger partial charge is 0.496 e. The summed E-state index contributed by atoms with van der Waals surface area (Å²) in [5, 5.41) is 0. The van der Waals surface area contributed by atoms with Gasteiger partial charge < -0.3 is 10.5 Å². The highest BCUT2D eigenvalue weighted by Gasteiger charge is 2.11. The fourth-order valence-electron chi connectivity index (χ4n) is 2.30. The first-order chi connectivity index (χ1) is 8.67. The van der Waals surface area contributed by atoms with Gasteiger partial charge in [0.15, 0.2) is 0 Å². The minimum Gasteiger partial charge on any atom is -0.496 e. The molecule has 0 aliphatic rings. The zero-order valence-electron chi connectivity index (χ0n) is 12.0. The Hall–Kier alpha value is -1.02. The maximum Gasteiger partial charge on any atom is 0.122 e. The number of ether oxygens (including phenoxy) is 1. The van der Waals surface area contributed by atoms with E-state index in [1.807, 2.05) is 12.1 Å². The van der Waals surface area contributed by atoms with Crippen molar-refractivity contribution in [2.45, 2.75) is 39.5 Å². The van der Waals surface area contributed by atoms with Gasteiger partial charge in [-0.2, -0.15) is 0 Å². The van der Waals surface area contributed by atoms with Gasteiger partial charge in [-0.15, -0.1) is 0 Å². The summed E-state index contributed by atoms with van der Waals surface area (Å²) in [6, 6.07) is 8.25. The fourth-order valence-corrected chi connectivity index (χ4v) is 2.30. The van der Waals surface area contributed by atoms with Crippen molar-refractivity contribution in [3.8, 4) is 5.75 Å². The molecule has 18 heavy (non-hydrogen) atoms.